The van der Waals surface area contributed by atoms with Crippen molar-refractivity contribution >= 4 is 5.82 Å². The molecule has 0 radical (unpaired) electrons. The number of nitrogens with zero attached hydrogens (tertiary/aromatic N) is 2. The largest absolute Gasteiger partial charge is 0.382 e. The van der Waals surface area contributed by atoms with E-state index in [1.807, 2.05) is 0 Å². The molecule has 0 saturated carbocycles. The molecule has 1 aliphatic rings. The fourth-order valence-electron chi connectivity index (χ4n) is 1.17. The number of aromatic nitrogens is 2. The summed E-state index contributed by atoms with van der Waals surface area (Å²) in [5, 5.41) is 0. The first-order valence-corrected chi connectivity index (χ1v) is 4.13. The summed E-state index contributed by atoms with van der Waals surface area (Å²) in [4.78, 5) is 8.04. The number of anilines is 1. The lowest BCUT2D eigenvalue weighted by atomic mass is 10.2. The molecule has 0 aliphatic carbocycles. The molecule has 0 aromatic carbocycles. The summed E-state index contributed by atoms with van der Waals surface area (Å²) in [6.45, 7) is 1.80. The maximum atomic E-state index is 5.44. The Balaban J connectivity index is 2.10. The second-order valence-electron chi connectivity index (χ2n) is 2.80. The highest BCUT2D eigenvalue weighted by Gasteiger charge is 2.17. The Morgan fingerprint density at radius 3 is 2.85 bits per heavy atom. The summed E-state index contributed by atoms with van der Waals surface area (Å²) < 4.78 is 10.7. The van der Waals surface area contributed by atoms with Crippen molar-refractivity contribution in [2.75, 3.05) is 25.6 Å². The van der Waals surface area contributed by atoms with E-state index in [1.54, 1.807) is 6.20 Å². The number of hydrogen-bond donors (Lipinski definition) is 1. The van der Waals surface area contributed by atoms with E-state index in [0.29, 0.717) is 25.6 Å². The summed E-state index contributed by atoms with van der Waals surface area (Å²) in [7, 11) is 0. The van der Waals surface area contributed by atoms with Crippen LogP contribution in [-0.4, -0.2) is 29.8 Å². The zero-order valence-corrected chi connectivity index (χ0v) is 7.14. The van der Waals surface area contributed by atoms with Gasteiger partial charge in [-0.2, -0.15) is 0 Å². The molecule has 0 spiro atoms. The molecule has 1 aliphatic heterocycles. The molecule has 0 amide bonds. The van der Waals surface area contributed by atoms with Crippen molar-refractivity contribution in [2.24, 2.45) is 0 Å². The lowest BCUT2D eigenvalue weighted by Crippen LogP contribution is -2.22. The van der Waals surface area contributed by atoms with E-state index < -0.39 is 0 Å². The van der Waals surface area contributed by atoms with Gasteiger partial charge in [0.25, 0.3) is 0 Å². The third-order valence-corrected chi connectivity index (χ3v) is 1.84. The minimum absolute atomic E-state index is 0.0955. The van der Waals surface area contributed by atoms with E-state index in [1.165, 1.54) is 6.20 Å². The minimum atomic E-state index is -0.0955. The number of nitrogen functional groups attached to an aromatic ring is 1. The first-order valence-electron chi connectivity index (χ1n) is 4.13. The van der Waals surface area contributed by atoms with E-state index in [4.69, 9.17) is 15.2 Å². The maximum Gasteiger partial charge on any atom is 0.141 e. The summed E-state index contributed by atoms with van der Waals surface area (Å²) in [5.74, 6) is 0.417. The Kier molecular flexibility index (Phi) is 2.37. The Labute approximate surface area is 75.9 Å². The third-order valence-electron chi connectivity index (χ3n) is 1.84. The smallest absolute Gasteiger partial charge is 0.141 e. The van der Waals surface area contributed by atoms with E-state index in [9.17, 15) is 0 Å². The van der Waals surface area contributed by atoms with Gasteiger partial charge in [-0.3, -0.25) is 4.98 Å². The normalized spacial score (nSPS) is 22.9. The van der Waals surface area contributed by atoms with Crippen molar-refractivity contribution in [3.63, 3.8) is 0 Å². The fourth-order valence-corrected chi connectivity index (χ4v) is 1.17. The van der Waals surface area contributed by atoms with E-state index in [0.717, 1.165) is 5.69 Å². The van der Waals surface area contributed by atoms with E-state index in [2.05, 4.69) is 9.97 Å². The molecular weight excluding hydrogens is 170 g/mol. The van der Waals surface area contributed by atoms with Gasteiger partial charge in [-0.15, -0.1) is 0 Å². The highest BCUT2D eigenvalue weighted by atomic mass is 16.6. The van der Waals surface area contributed by atoms with Gasteiger partial charge in [0, 0.05) is 0 Å². The molecule has 2 heterocycles. The number of hydrogen-bond acceptors (Lipinski definition) is 5. The SMILES string of the molecule is Nc1cnc(C2COCCO2)cn1. The second kappa shape index (κ2) is 3.68. The van der Waals surface area contributed by atoms with Gasteiger partial charge in [-0.1, -0.05) is 0 Å². The lowest BCUT2D eigenvalue weighted by molar-refractivity contribution is -0.0918. The Morgan fingerprint density at radius 2 is 2.23 bits per heavy atom. The van der Waals surface area contributed by atoms with Crippen LogP contribution in [0.15, 0.2) is 12.4 Å². The van der Waals surface area contributed by atoms with Crippen LogP contribution in [0.5, 0.6) is 0 Å². The van der Waals surface area contributed by atoms with Crippen LogP contribution < -0.4 is 5.73 Å². The molecular formula is C8H11N3O2. The molecule has 13 heavy (non-hydrogen) atoms. The fraction of sp³-hybridized carbons (Fsp3) is 0.500. The van der Waals surface area contributed by atoms with E-state index in [-0.39, 0.29) is 6.10 Å². The molecule has 5 nitrogen and oxygen atoms in total. The first-order chi connectivity index (χ1) is 6.36. The minimum Gasteiger partial charge on any atom is -0.382 e. The lowest BCUT2D eigenvalue weighted by Gasteiger charge is -2.21. The van der Waals surface area contributed by atoms with Crippen LogP contribution in [0.2, 0.25) is 0 Å². The summed E-state index contributed by atoms with van der Waals surface area (Å²) in [5.41, 5.74) is 6.18. The summed E-state index contributed by atoms with van der Waals surface area (Å²) >= 11 is 0. The predicted octanol–water partition coefficient (Wildman–Crippen LogP) is 0.147. The predicted molar refractivity (Wildman–Crippen MR) is 46.0 cm³/mol. The highest BCUT2D eigenvalue weighted by molar-refractivity contribution is 5.23. The molecule has 1 atom stereocenters. The monoisotopic (exact) mass is 181 g/mol. The average Bonchev–Trinajstić information content (AvgIpc) is 2.20. The van der Waals surface area contributed by atoms with Gasteiger partial charge in [-0.25, -0.2) is 4.98 Å². The molecule has 1 unspecified atom stereocenters. The number of ether oxygens (including phenoxy) is 2. The Morgan fingerprint density at radius 1 is 1.31 bits per heavy atom. The van der Waals surface area contributed by atoms with Gasteiger partial charge in [-0.05, 0) is 0 Å². The summed E-state index contributed by atoms with van der Waals surface area (Å²) in [6.07, 6.45) is 3.05. The molecule has 2 rings (SSSR count). The van der Waals surface area contributed by atoms with Crippen LogP contribution in [0.1, 0.15) is 11.8 Å². The van der Waals surface area contributed by atoms with Crippen LogP contribution in [0, 0.1) is 0 Å². The topological polar surface area (TPSA) is 70.3 Å². The van der Waals surface area contributed by atoms with Gasteiger partial charge >= 0.3 is 0 Å². The third kappa shape index (κ3) is 1.93. The molecule has 1 aromatic rings. The number of nitrogens with two attached hydrogens (primary N) is 1. The molecule has 1 aromatic heterocycles. The first kappa shape index (κ1) is 8.40. The molecule has 1 saturated heterocycles. The zero-order chi connectivity index (χ0) is 9.10. The van der Waals surface area contributed by atoms with Gasteiger partial charge in [0.2, 0.25) is 0 Å². The van der Waals surface area contributed by atoms with Gasteiger partial charge in [0.15, 0.2) is 0 Å². The summed E-state index contributed by atoms with van der Waals surface area (Å²) in [6, 6.07) is 0. The molecule has 70 valence electrons. The zero-order valence-electron chi connectivity index (χ0n) is 7.14. The van der Waals surface area contributed by atoms with Gasteiger partial charge < -0.3 is 15.2 Å². The molecule has 1 fully saturated rings. The maximum absolute atomic E-state index is 5.44. The quantitative estimate of drug-likeness (QED) is 0.667. The van der Waals surface area contributed by atoms with Crippen molar-refractivity contribution < 1.29 is 9.47 Å². The van der Waals surface area contributed by atoms with Crippen LogP contribution in [0.4, 0.5) is 5.82 Å². The van der Waals surface area contributed by atoms with Crippen molar-refractivity contribution in [3.05, 3.63) is 18.1 Å². The standard InChI is InChI=1S/C8H11N3O2/c9-8-4-10-6(3-11-8)7-5-12-1-2-13-7/h3-4,7H,1-2,5H2,(H2,9,11). The van der Waals surface area contributed by atoms with Crippen LogP contribution in [0.25, 0.3) is 0 Å². The van der Waals surface area contributed by atoms with Crippen LogP contribution >= 0.6 is 0 Å². The van der Waals surface area contributed by atoms with Gasteiger partial charge in [0.1, 0.15) is 11.9 Å². The van der Waals surface area contributed by atoms with Crippen molar-refractivity contribution in [2.45, 2.75) is 6.10 Å². The average molecular weight is 181 g/mol. The second-order valence-corrected chi connectivity index (χ2v) is 2.80. The van der Waals surface area contributed by atoms with Crippen LogP contribution in [0.3, 0.4) is 0 Å². The van der Waals surface area contributed by atoms with Gasteiger partial charge in [0.05, 0.1) is 37.9 Å². The van der Waals surface area contributed by atoms with Crippen molar-refractivity contribution in [1.29, 1.82) is 0 Å². The van der Waals surface area contributed by atoms with E-state index >= 15 is 0 Å². The van der Waals surface area contributed by atoms with Crippen LogP contribution in [-0.2, 0) is 9.47 Å². The Hall–Kier alpha value is -1.20. The molecule has 5 heteroatoms. The number of rotatable bonds is 1. The van der Waals surface area contributed by atoms with Crippen molar-refractivity contribution in [3.8, 4) is 0 Å². The molecule has 2 N–H and O–H groups in total. The van der Waals surface area contributed by atoms with Crippen molar-refractivity contribution in [1.82, 2.24) is 9.97 Å². The highest BCUT2D eigenvalue weighted by Crippen LogP contribution is 2.17. The Bertz CT molecular complexity index is 269. The molecule has 0 bridgehead atoms.